The molecule has 0 saturated carbocycles. The number of nitrogens with two attached hydrogens (primary N) is 1. The molecule has 0 aliphatic carbocycles. The lowest BCUT2D eigenvalue weighted by molar-refractivity contribution is -0.123. The molecule has 1 fully saturated rings. The van der Waals surface area contributed by atoms with Crippen LogP contribution >= 0.6 is 0 Å². The minimum atomic E-state index is -0.351. The average molecular weight is 306 g/mol. The first-order chi connectivity index (χ1) is 10.7. The summed E-state index contributed by atoms with van der Waals surface area (Å²) in [6.45, 7) is 4.13. The van der Waals surface area contributed by atoms with Crippen LogP contribution in [0.25, 0.3) is 0 Å². The zero-order valence-electron chi connectivity index (χ0n) is 12.5. The molecule has 1 saturated heterocycles. The fourth-order valence-electron chi connectivity index (χ4n) is 2.17. The lowest BCUT2D eigenvalue weighted by atomic mass is 10.2. The van der Waals surface area contributed by atoms with Crippen LogP contribution < -0.4 is 16.4 Å². The first kappa shape index (κ1) is 16.4. The zero-order valence-corrected chi connectivity index (χ0v) is 12.5. The van der Waals surface area contributed by atoms with Gasteiger partial charge in [-0.3, -0.25) is 14.5 Å². The number of benzene rings is 1. The van der Waals surface area contributed by atoms with Gasteiger partial charge < -0.3 is 21.1 Å². The normalized spacial score (nSPS) is 15.3. The topological polar surface area (TPSA) is 96.7 Å². The van der Waals surface area contributed by atoms with Gasteiger partial charge in [0, 0.05) is 25.3 Å². The van der Waals surface area contributed by atoms with Gasteiger partial charge in [-0.2, -0.15) is 0 Å². The third-order valence-corrected chi connectivity index (χ3v) is 3.38. The van der Waals surface area contributed by atoms with E-state index in [1.165, 1.54) is 5.56 Å². The standard InChI is InChI=1S/C15H22N4O3/c16-9-14(20)17-10-15(21)18-13-3-1-12(2-4-13)11-19-5-7-22-8-6-19/h1-4H,5-11,16H2,(H,17,20)(H,18,21). The monoisotopic (exact) mass is 306 g/mol. The second-order valence-electron chi connectivity index (χ2n) is 5.11. The summed E-state index contributed by atoms with van der Waals surface area (Å²) in [6, 6.07) is 7.70. The number of hydrogen-bond acceptors (Lipinski definition) is 5. The first-order valence-corrected chi connectivity index (χ1v) is 7.33. The predicted molar refractivity (Wildman–Crippen MR) is 83.2 cm³/mol. The molecule has 4 N–H and O–H groups in total. The van der Waals surface area contributed by atoms with Crippen molar-refractivity contribution in [1.82, 2.24) is 10.2 Å². The number of ether oxygens (including phenoxy) is 1. The molecule has 7 nitrogen and oxygen atoms in total. The molecule has 0 radical (unpaired) electrons. The smallest absolute Gasteiger partial charge is 0.243 e. The van der Waals surface area contributed by atoms with Crippen molar-refractivity contribution < 1.29 is 14.3 Å². The molecule has 0 unspecified atom stereocenters. The van der Waals surface area contributed by atoms with E-state index in [0.29, 0.717) is 5.69 Å². The van der Waals surface area contributed by atoms with Gasteiger partial charge in [0.05, 0.1) is 26.3 Å². The van der Waals surface area contributed by atoms with Crippen molar-refractivity contribution in [2.24, 2.45) is 5.73 Å². The van der Waals surface area contributed by atoms with E-state index in [-0.39, 0.29) is 24.9 Å². The Morgan fingerprint density at radius 1 is 1.14 bits per heavy atom. The van der Waals surface area contributed by atoms with Crippen LogP contribution in [0.15, 0.2) is 24.3 Å². The van der Waals surface area contributed by atoms with E-state index in [9.17, 15) is 9.59 Å². The first-order valence-electron chi connectivity index (χ1n) is 7.33. The summed E-state index contributed by atoms with van der Waals surface area (Å²) >= 11 is 0. The number of rotatable bonds is 6. The van der Waals surface area contributed by atoms with Gasteiger partial charge in [-0.1, -0.05) is 12.1 Å². The molecule has 0 spiro atoms. The van der Waals surface area contributed by atoms with Crippen LogP contribution in [0.2, 0.25) is 0 Å². The van der Waals surface area contributed by atoms with Crippen molar-refractivity contribution in [3.63, 3.8) is 0 Å². The summed E-state index contributed by atoms with van der Waals surface area (Å²) in [6.07, 6.45) is 0. The molecule has 0 bridgehead atoms. The Balaban J connectivity index is 1.78. The van der Waals surface area contributed by atoms with Gasteiger partial charge >= 0.3 is 0 Å². The van der Waals surface area contributed by atoms with Crippen molar-refractivity contribution >= 4 is 17.5 Å². The Morgan fingerprint density at radius 3 is 2.45 bits per heavy atom. The summed E-state index contributed by atoms with van der Waals surface area (Å²) in [5, 5.41) is 5.15. The Kier molecular flexibility index (Phi) is 6.32. The molecule has 2 rings (SSSR count). The van der Waals surface area contributed by atoms with Crippen LogP contribution in [0.5, 0.6) is 0 Å². The number of hydrogen-bond donors (Lipinski definition) is 3. The SMILES string of the molecule is NCC(=O)NCC(=O)Nc1ccc(CN2CCOCC2)cc1. The lowest BCUT2D eigenvalue weighted by Crippen LogP contribution is -2.36. The number of nitrogens with zero attached hydrogens (tertiary/aromatic N) is 1. The van der Waals surface area contributed by atoms with Gasteiger partial charge in [0.2, 0.25) is 11.8 Å². The van der Waals surface area contributed by atoms with Gasteiger partial charge in [0.25, 0.3) is 0 Å². The maximum atomic E-state index is 11.6. The van der Waals surface area contributed by atoms with Crippen molar-refractivity contribution in [2.45, 2.75) is 6.54 Å². The quantitative estimate of drug-likeness (QED) is 0.660. The van der Waals surface area contributed by atoms with Gasteiger partial charge in [-0.05, 0) is 17.7 Å². The van der Waals surface area contributed by atoms with Gasteiger partial charge in [-0.15, -0.1) is 0 Å². The number of morpholine rings is 1. The molecule has 2 amide bonds. The van der Waals surface area contributed by atoms with E-state index >= 15 is 0 Å². The molecular formula is C15H22N4O3. The summed E-state index contributed by atoms with van der Waals surface area (Å²) in [5.74, 6) is -0.626. The highest BCUT2D eigenvalue weighted by atomic mass is 16.5. The third-order valence-electron chi connectivity index (χ3n) is 3.38. The van der Waals surface area contributed by atoms with E-state index < -0.39 is 0 Å². The van der Waals surface area contributed by atoms with E-state index in [0.717, 1.165) is 32.8 Å². The Hall–Kier alpha value is -1.96. The van der Waals surface area contributed by atoms with Crippen molar-refractivity contribution in [2.75, 3.05) is 44.7 Å². The second-order valence-corrected chi connectivity index (χ2v) is 5.11. The molecule has 1 heterocycles. The average Bonchev–Trinajstić information content (AvgIpc) is 2.55. The maximum absolute atomic E-state index is 11.6. The van der Waals surface area contributed by atoms with Crippen LogP contribution in [0.4, 0.5) is 5.69 Å². The highest BCUT2D eigenvalue weighted by Crippen LogP contribution is 2.12. The molecule has 0 aromatic heterocycles. The summed E-state index contributed by atoms with van der Waals surface area (Å²) in [5.41, 5.74) is 7.05. The fraction of sp³-hybridized carbons (Fsp3) is 0.467. The molecule has 0 atom stereocenters. The van der Waals surface area contributed by atoms with E-state index in [2.05, 4.69) is 15.5 Å². The van der Waals surface area contributed by atoms with Gasteiger partial charge in [0.1, 0.15) is 0 Å². The zero-order chi connectivity index (χ0) is 15.8. The molecule has 1 aromatic rings. The largest absolute Gasteiger partial charge is 0.379 e. The second kappa shape index (κ2) is 8.47. The Morgan fingerprint density at radius 2 is 1.82 bits per heavy atom. The predicted octanol–water partition coefficient (Wildman–Crippen LogP) is -0.468. The Labute approximate surface area is 129 Å². The number of amides is 2. The minimum absolute atomic E-state index is 0.0778. The highest BCUT2D eigenvalue weighted by Gasteiger charge is 2.10. The number of nitrogens with one attached hydrogen (secondary N) is 2. The van der Waals surface area contributed by atoms with Crippen LogP contribution in [-0.4, -0.2) is 56.1 Å². The molecule has 120 valence electrons. The molecular weight excluding hydrogens is 284 g/mol. The molecule has 1 aliphatic rings. The van der Waals surface area contributed by atoms with Crippen molar-refractivity contribution in [3.8, 4) is 0 Å². The van der Waals surface area contributed by atoms with Crippen molar-refractivity contribution in [1.29, 1.82) is 0 Å². The molecule has 1 aromatic carbocycles. The number of carbonyl (C=O) groups is 2. The van der Waals surface area contributed by atoms with Crippen LogP contribution in [0.3, 0.4) is 0 Å². The fourth-order valence-corrected chi connectivity index (χ4v) is 2.17. The van der Waals surface area contributed by atoms with Gasteiger partial charge in [-0.25, -0.2) is 0 Å². The van der Waals surface area contributed by atoms with Crippen molar-refractivity contribution in [3.05, 3.63) is 29.8 Å². The highest BCUT2D eigenvalue weighted by molar-refractivity contribution is 5.94. The minimum Gasteiger partial charge on any atom is -0.379 e. The molecule has 22 heavy (non-hydrogen) atoms. The van der Waals surface area contributed by atoms with E-state index in [4.69, 9.17) is 10.5 Å². The lowest BCUT2D eigenvalue weighted by Gasteiger charge is -2.26. The van der Waals surface area contributed by atoms with Crippen LogP contribution in [0, 0.1) is 0 Å². The summed E-state index contributed by atoms with van der Waals surface area (Å²) < 4.78 is 5.32. The third kappa shape index (κ3) is 5.44. The molecule has 1 aliphatic heterocycles. The summed E-state index contributed by atoms with van der Waals surface area (Å²) in [7, 11) is 0. The van der Waals surface area contributed by atoms with E-state index in [1.54, 1.807) is 0 Å². The maximum Gasteiger partial charge on any atom is 0.243 e. The summed E-state index contributed by atoms with van der Waals surface area (Å²) in [4.78, 5) is 25.0. The van der Waals surface area contributed by atoms with Crippen LogP contribution in [-0.2, 0) is 20.9 Å². The molecule has 7 heteroatoms. The number of anilines is 1. The Bertz CT molecular complexity index is 498. The number of carbonyl (C=O) groups excluding carboxylic acids is 2. The van der Waals surface area contributed by atoms with Gasteiger partial charge in [0.15, 0.2) is 0 Å². The van der Waals surface area contributed by atoms with Crippen LogP contribution in [0.1, 0.15) is 5.56 Å². The van der Waals surface area contributed by atoms with E-state index in [1.807, 2.05) is 24.3 Å².